The van der Waals surface area contributed by atoms with Gasteiger partial charge >= 0.3 is 0 Å². The predicted molar refractivity (Wildman–Crippen MR) is 140 cm³/mol. The molecule has 0 aliphatic rings. The zero-order valence-corrected chi connectivity index (χ0v) is 21.0. The SMILES string of the molecule is C=C(NC(=O)C(=C)n1cnc2c(-c3ccc(C(=O)NC(C)(C)C)cc3)cccc2c1=O)c1nc(C)no1. The molecular formula is C27H26N6O4. The summed E-state index contributed by atoms with van der Waals surface area (Å²) in [4.78, 5) is 46.9. The zero-order valence-electron chi connectivity index (χ0n) is 21.0. The molecule has 0 fully saturated rings. The molecule has 0 aliphatic heterocycles. The first kappa shape index (κ1) is 25.2. The van der Waals surface area contributed by atoms with Gasteiger partial charge in [0, 0.05) is 16.7 Å². The zero-order chi connectivity index (χ0) is 26.9. The molecule has 0 unspecified atom stereocenters. The van der Waals surface area contributed by atoms with Gasteiger partial charge in [0.2, 0.25) is 0 Å². The van der Waals surface area contributed by atoms with Crippen molar-refractivity contribution in [3.63, 3.8) is 0 Å². The topological polar surface area (TPSA) is 132 Å². The van der Waals surface area contributed by atoms with Crippen molar-refractivity contribution in [1.29, 1.82) is 0 Å². The lowest BCUT2D eigenvalue weighted by Crippen LogP contribution is -2.40. The van der Waals surface area contributed by atoms with Gasteiger partial charge in [-0.15, -0.1) is 0 Å². The summed E-state index contributed by atoms with van der Waals surface area (Å²) in [5.41, 5.74) is 1.57. The standard InChI is InChI=1S/C27H26N6O4/c1-15(25-30-17(3)32-37-25)29-23(34)16(2)33-14-28-22-20(8-7-9-21(22)26(33)36)18-10-12-19(13-11-18)24(35)31-27(4,5)6/h7-14H,1-2H2,3-6H3,(H,29,34)(H,31,35). The van der Waals surface area contributed by atoms with E-state index >= 15 is 0 Å². The van der Waals surface area contributed by atoms with E-state index in [0.717, 1.165) is 10.1 Å². The number of amides is 2. The van der Waals surface area contributed by atoms with Crippen molar-refractivity contribution in [2.45, 2.75) is 33.2 Å². The molecule has 0 atom stereocenters. The number of benzene rings is 2. The molecule has 4 aromatic rings. The Balaban J connectivity index is 1.61. The number of aromatic nitrogens is 4. The highest BCUT2D eigenvalue weighted by Crippen LogP contribution is 2.26. The van der Waals surface area contributed by atoms with E-state index < -0.39 is 11.5 Å². The summed E-state index contributed by atoms with van der Waals surface area (Å²) in [6.45, 7) is 14.8. The second kappa shape index (κ2) is 9.65. The Labute approximate surface area is 212 Å². The Bertz CT molecular complexity index is 1610. The van der Waals surface area contributed by atoms with Crippen molar-refractivity contribution in [3.05, 3.63) is 89.6 Å². The summed E-state index contributed by atoms with van der Waals surface area (Å²) in [6, 6.07) is 12.2. The minimum absolute atomic E-state index is 0.0502. The van der Waals surface area contributed by atoms with Crippen LogP contribution in [-0.4, -0.2) is 37.0 Å². The van der Waals surface area contributed by atoms with Crippen molar-refractivity contribution in [1.82, 2.24) is 30.3 Å². The van der Waals surface area contributed by atoms with Crippen LogP contribution in [-0.2, 0) is 4.79 Å². The first-order valence-electron chi connectivity index (χ1n) is 11.4. The molecule has 0 saturated heterocycles. The number of nitrogens with one attached hydrogen (secondary N) is 2. The van der Waals surface area contributed by atoms with Crippen molar-refractivity contribution < 1.29 is 14.1 Å². The Morgan fingerprint density at radius 2 is 1.76 bits per heavy atom. The molecule has 188 valence electrons. The van der Waals surface area contributed by atoms with E-state index in [0.29, 0.717) is 27.9 Å². The van der Waals surface area contributed by atoms with Gasteiger partial charge in [-0.2, -0.15) is 4.98 Å². The fraction of sp³-hybridized carbons (Fsp3) is 0.185. The van der Waals surface area contributed by atoms with Gasteiger partial charge in [-0.05, 0) is 51.5 Å². The van der Waals surface area contributed by atoms with E-state index in [1.54, 1.807) is 43.3 Å². The maximum Gasteiger partial charge on any atom is 0.273 e. The largest absolute Gasteiger partial charge is 0.347 e. The van der Waals surface area contributed by atoms with Crippen LogP contribution >= 0.6 is 0 Å². The predicted octanol–water partition coefficient (Wildman–Crippen LogP) is 3.54. The van der Waals surface area contributed by atoms with Crippen LogP contribution in [0.2, 0.25) is 0 Å². The summed E-state index contributed by atoms with van der Waals surface area (Å²) in [5, 5.41) is 9.38. The van der Waals surface area contributed by atoms with E-state index in [2.05, 4.69) is 38.9 Å². The number of hydrogen-bond donors (Lipinski definition) is 2. The lowest BCUT2D eigenvalue weighted by molar-refractivity contribution is -0.114. The van der Waals surface area contributed by atoms with Gasteiger partial charge in [0.25, 0.3) is 23.3 Å². The van der Waals surface area contributed by atoms with Gasteiger partial charge < -0.3 is 15.2 Å². The summed E-state index contributed by atoms with van der Waals surface area (Å²) >= 11 is 0. The van der Waals surface area contributed by atoms with Crippen LogP contribution in [0.25, 0.3) is 33.4 Å². The maximum absolute atomic E-state index is 13.3. The Hall–Kier alpha value is -4.86. The minimum atomic E-state index is -0.677. The number of aryl methyl sites for hydroxylation is 1. The molecule has 2 aromatic carbocycles. The third kappa shape index (κ3) is 5.37. The molecule has 4 rings (SSSR count). The van der Waals surface area contributed by atoms with Crippen molar-refractivity contribution in [2.75, 3.05) is 0 Å². The van der Waals surface area contributed by atoms with E-state index in [4.69, 9.17) is 4.52 Å². The summed E-state index contributed by atoms with van der Waals surface area (Å²) in [7, 11) is 0. The van der Waals surface area contributed by atoms with Crippen LogP contribution in [0.5, 0.6) is 0 Å². The first-order valence-corrected chi connectivity index (χ1v) is 11.4. The number of rotatable bonds is 6. The molecule has 2 N–H and O–H groups in total. The molecule has 10 heteroatoms. The smallest absolute Gasteiger partial charge is 0.273 e. The molecule has 0 bridgehead atoms. The summed E-state index contributed by atoms with van der Waals surface area (Å²) < 4.78 is 6.05. The summed E-state index contributed by atoms with van der Waals surface area (Å²) in [5.74, 6) is -0.414. The monoisotopic (exact) mass is 498 g/mol. The second-order valence-corrected chi connectivity index (χ2v) is 9.43. The van der Waals surface area contributed by atoms with E-state index in [-0.39, 0.29) is 28.7 Å². The second-order valence-electron chi connectivity index (χ2n) is 9.43. The van der Waals surface area contributed by atoms with Crippen LogP contribution in [0.3, 0.4) is 0 Å². The molecule has 0 spiro atoms. The Kier molecular flexibility index (Phi) is 6.58. The van der Waals surface area contributed by atoms with Crippen LogP contribution in [0.1, 0.15) is 42.8 Å². The van der Waals surface area contributed by atoms with Crippen molar-refractivity contribution >= 4 is 34.1 Å². The average Bonchev–Trinajstić information content (AvgIpc) is 3.29. The molecule has 0 radical (unpaired) electrons. The van der Waals surface area contributed by atoms with Crippen LogP contribution in [0, 0.1) is 6.92 Å². The minimum Gasteiger partial charge on any atom is -0.347 e. The van der Waals surface area contributed by atoms with Crippen LogP contribution < -0.4 is 16.2 Å². The number of carbonyl (C=O) groups is 2. The maximum atomic E-state index is 13.3. The Morgan fingerprint density at radius 1 is 1.05 bits per heavy atom. The Morgan fingerprint density at radius 3 is 2.38 bits per heavy atom. The molecule has 2 heterocycles. The lowest BCUT2D eigenvalue weighted by atomic mass is 10.0. The fourth-order valence-electron chi connectivity index (χ4n) is 3.58. The third-order valence-electron chi connectivity index (χ3n) is 5.34. The van der Waals surface area contributed by atoms with Gasteiger partial charge in [0.05, 0.1) is 16.6 Å². The van der Waals surface area contributed by atoms with Gasteiger partial charge in [-0.1, -0.05) is 42.6 Å². The fourth-order valence-corrected chi connectivity index (χ4v) is 3.58. The van der Waals surface area contributed by atoms with Gasteiger partial charge in [0.15, 0.2) is 5.82 Å². The average molecular weight is 499 g/mol. The van der Waals surface area contributed by atoms with Crippen molar-refractivity contribution in [2.24, 2.45) is 0 Å². The van der Waals surface area contributed by atoms with Gasteiger partial charge in [-0.25, -0.2) is 4.98 Å². The molecule has 10 nitrogen and oxygen atoms in total. The molecule has 2 amide bonds. The van der Waals surface area contributed by atoms with Crippen LogP contribution in [0.15, 0.2) is 71.3 Å². The van der Waals surface area contributed by atoms with E-state index in [1.807, 2.05) is 26.8 Å². The van der Waals surface area contributed by atoms with Crippen LogP contribution in [0.4, 0.5) is 0 Å². The van der Waals surface area contributed by atoms with Crippen molar-refractivity contribution in [3.8, 4) is 11.1 Å². The van der Waals surface area contributed by atoms with E-state index in [9.17, 15) is 14.4 Å². The molecular weight excluding hydrogens is 472 g/mol. The molecule has 37 heavy (non-hydrogen) atoms. The number of carbonyl (C=O) groups excluding carboxylic acids is 2. The summed E-state index contributed by atoms with van der Waals surface area (Å²) in [6.07, 6.45) is 1.25. The van der Waals surface area contributed by atoms with E-state index in [1.165, 1.54) is 6.33 Å². The highest BCUT2D eigenvalue weighted by Gasteiger charge is 2.19. The lowest BCUT2D eigenvalue weighted by Gasteiger charge is -2.20. The number of hydrogen-bond acceptors (Lipinski definition) is 7. The molecule has 2 aromatic heterocycles. The number of nitrogens with zero attached hydrogens (tertiary/aromatic N) is 4. The highest BCUT2D eigenvalue weighted by atomic mass is 16.5. The highest BCUT2D eigenvalue weighted by molar-refractivity contribution is 6.15. The van der Waals surface area contributed by atoms with Gasteiger partial charge in [-0.3, -0.25) is 19.0 Å². The number of fused-ring (bicyclic) bond motifs is 1. The molecule has 0 aliphatic carbocycles. The normalized spacial score (nSPS) is 11.2. The molecule has 0 saturated carbocycles. The number of para-hydroxylation sites is 1. The first-order chi connectivity index (χ1) is 17.4. The van der Waals surface area contributed by atoms with Gasteiger partial charge in [0.1, 0.15) is 12.0 Å². The quantitative estimate of drug-likeness (QED) is 0.389. The third-order valence-corrected chi connectivity index (χ3v) is 5.34.